The van der Waals surface area contributed by atoms with Gasteiger partial charge >= 0.3 is 6.09 Å². The van der Waals surface area contributed by atoms with Crippen molar-refractivity contribution in [1.29, 1.82) is 0 Å². The summed E-state index contributed by atoms with van der Waals surface area (Å²) in [5.41, 5.74) is 6.34. The number of ketones is 1. The molecule has 1 aliphatic heterocycles. The Kier molecular flexibility index (Phi) is 8.35. The summed E-state index contributed by atoms with van der Waals surface area (Å²) < 4.78 is 5.58. The lowest BCUT2D eigenvalue weighted by atomic mass is 9.66. The summed E-state index contributed by atoms with van der Waals surface area (Å²) in [6.07, 6.45) is 14.1. The molecule has 1 unspecified atom stereocenters. The van der Waals surface area contributed by atoms with Crippen LogP contribution in [0.3, 0.4) is 0 Å². The van der Waals surface area contributed by atoms with E-state index < -0.39 is 5.60 Å². The number of piperidine rings is 1. The van der Waals surface area contributed by atoms with Crippen LogP contribution in [0.25, 0.3) is 27.2 Å². The molecule has 2 aromatic carbocycles. The molecule has 4 aromatic rings. The number of amides is 1. The first kappa shape index (κ1) is 29.7. The number of nitrogens with zero attached hydrogens (tertiary/aromatic N) is 3. The number of fused-ring (bicyclic) bond motifs is 5. The second-order valence-electron chi connectivity index (χ2n) is 13.0. The van der Waals surface area contributed by atoms with Gasteiger partial charge in [0.2, 0.25) is 0 Å². The van der Waals surface area contributed by atoms with Gasteiger partial charge in [-0.25, -0.2) is 4.79 Å². The van der Waals surface area contributed by atoms with E-state index in [4.69, 9.17) is 4.74 Å². The highest BCUT2D eigenvalue weighted by atomic mass is 16.6. The minimum absolute atomic E-state index is 0.0929. The number of allylic oxidation sites excluding steroid dienone is 4. The largest absolute Gasteiger partial charge is 0.444 e. The average Bonchev–Trinajstić information content (AvgIpc) is 3.04. The lowest BCUT2D eigenvalue weighted by Crippen LogP contribution is -2.44. The molecule has 3 aliphatic rings. The van der Waals surface area contributed by atoms with Crippen molar-refractivity contribution in [2.45, 2.75) is 65.4 Å². The molecule has 0 saturated carbocycles. The summed E-state index contributed by atoms with van der Waals surface area (Å²) >= 11 is 0. The Balaban J connectivity index is 0.000000289. The Morgan fingerprint density at radius 3 is 2.59 bits per heavy atom. The van der Waals surface area contributed by atoms with Crippen LogP contribution in [0.15, 0.2) is 84.8 Å². The van der Waals surface area contributed by atoms with Crippen LogP contribution in [0, 0.1) is 11.8 Å². The van der Waals surface area contributed by atoms with Gasteiger partial charge in [-0.15, -0.1) is 0 Å². The fourth-order valence-electron chi connectivity index (χ4n) is 6.83. The van der Waals surface area contributed by atoms with Crippen molar-refractivity contribution in [3.8, 4) is 0 Å². The predicted octanol–water partition coefficient (Wildman–Crippen LogP) is 8.60. The number of aromatic nitrogens is 2. The minimum Gasteiger partial charge on any atom is -0.444 e. The number of carbonyl (C=O) groups is 2. The fraction of sp³-hybridized carbons (Fsp3) is 0.368. The van der Waals surface area contributed by atoms with Crippen LogP contribution in [0.2, 0.25) is 0 Å². The summed E-state index contributed by atoms with van der Waals surface area (Å²) in [5.74, 6) is 0.431. The molecule has 0 N–H and O–H groups in total. The number of Topliss-reactive ketones (excluding diaryl/α,β-unsaturated/α-hetero) is 1. The van der Waals surface area contributed by atoms with Crippen molar-refractivity contribution in [2.24, 2.45) is 11.8 Å². The van der Waals surface area contributed by atoms with Crippen molar-refractivity contribution in [2.75, 3.05) is 13.1 Å². The highest BCUT2D eigenvalue weighted by Gasteiger charge is 2.41. The molecule has 0 radical (unpaired) electrons. The van der Waals surface area contributed by atoms with Crippen LogP contribution in [0.1, 0.15) is 74.9 Å². The molecule has 1 amide bonds. The molecule has 44 heavy (non-hydrogen) atoms. The van der Waals surface area contributed by atoms with E-state index in [0.29, 0.717) is 13.1 Å². The summed E-state index contributed by atoms with van der Waals surface area (Å²) in [4.78, 5) is 36.7. The number of benzene rings is 2. The standard InChI is InChI=1S/C30H35NO3.C8H6N2/c1-5-19-10-12-22-21(18-19)11-13-25-23-8-6-7-9-24(23)26(28(32)27(22)25)20-14-16-31(17-15-20)29(33)34-30(2,3)4;1-2-7-6-9-5-3-8(7)10-4-1/h6,8,10-13,18,20,26H,5,7,9,14-17H2,1-4H3;1-6H. The fourth-order valence-corrected chi connectivity index (χ4v) is 6.83. The second kappa shape index (κ2) is 12.4. The summed E-state index contributed by atoms with van der Waals surface area (Å²) in [6.45, 7) is 9.14. The summed E-state index contributed by atoms with van der Waals surface area (Å²) in [5, 5.41) is 3.31. The quantitative estimate of drug-likeness (QED) is 0.235. The molecule has 2 aliphatic carbocycles. The first-order valence-electron chi connectivity index (χ1n) is 15.9. The molecule has 0 bridgehead atoms. The minimum atomic E-state index is -0.496. The third kappa shape index (κ3) is 6.03. The van der Waals surface area contributed by atoms with Crippen molar-refractivity contribution >= 4 is 39.1 Å². The molecule has 6 nitrogen and oxygen atoms in total. The smallest absolute Gasteiger partial charge is 0.410 e. The van der Waals surface area contributed by atoms with Gasteiger partial charge in [-0.05, 0) is 104 Å². The molecule has 7 rings (SSSR count). The van der Waals surface area contributed by atoms with E-state index in [2.05, 4.69) is 59.4 Å². The number of ether oxygens (including phenoxy) is 1. The number of aryl methyl sites for hydroxylation is 1. The lowest BCUT2D eigenvalue weighted by Gasteiger charge is -2.40. The van der Waals surface area contributed by atoms with Gasteiger partial charge in [0.05, 0.1) is 5.52 Å². The topological polar surface area (TPSA) is 72.4 Å². The third-order valence-corrected chi connectivity index (χ3v) is 8.96. The number of hydrogen-bond acceptors (Lipinski definition) is 5. The van der Waals surface area contributed by atoms with Crippen LogP contribution in [0.4, 0.5) is 4.79 Å². The van der Waals surface area contributed by atoms with Gasteiger partial charge in [-0.1, -0.05) is 55.0 Å². The van der Waals surface area contributed by atoms with E-state index in [-0.39, 0.29) is 23.7 Å². The maximum absolute atomic E-state index is 14.2. The molecule has 3 heterocycles. The van der Waals surface area contributed by atoms with E-state index in [0.717, 1.165) is 64.9 Å². The zero-order valence-corrected chi connectivity index (χ0v) is 26.2. The van der Waals surface area contributed by atoms with E-state index in [1.165, 1.54) is 16.7 Å². The van der Waals surface area contributed by atoms with Gasteiger partial charge < -0.3 is 9.64 Å². The first-order valence-corrected chi connectivity index (χ1v) is 15.9. The lowest BCUT2D eigenvalue weighted by molar-refractivity contribution is 0.0169. The van der Waals surface area contributed by atoms with Crippen molar-refractivity contribution in [3.63, 3.8) is 0 Å². The normalized spacial score (nSPS) is 18.5. The molecular weight excluding hydrogens is 546 g/mol. The number of hydrogen-bond donors (Lipinski definition) is 0. The van der Waals surface area contributed by atoms with Crippen LogP contribution >= 0.6 is 0 Å². The van der Waals surface area contributed by atoms with Crippen molar-refractivity contribution in [1.82, 2.24) is 14.9 Å². The Morgan fingerprint density at radius 1 is 1.02 bits per heavy atom. The van der Waals surface area contributed by atoms with Gasteiger partial charge in [0.25, 0.3) is 0 Å². The van der Waals surface area contributed by atoms with Crippen LogP contribution < -0.4 is 0 Å². The highest BCUT2D eigenvalue weighted by molar-refractivity contribution is 6.17. The number of pyridine rings is 2. The molecule has 2 aromatic heterocycles. The Labute approximate surface area is 259 Å². The summed E-state index contributed by atoms with van der Waals surface area (Å²) in [6, 6.07) is 16.6. The molecule has 1 atom stereocenters. The van der Waals surface area contributed by atoms with Gasteiger partial charge in [-0.3, -0.25) is 14.8 Å². The molecule has 1 saturated heterocycles. The van der Waals surface area contributed by atoms with E-state index >= 15 is 0 Å². The van der Waals surface area contributed by atoms with Gasteiger partial charge in [0.1, 0.15) is 5.60 Å². The number of carbonyl (C=O) groups excluding carboxylic acids is 2. The van der Waals surface area contributed by atoms with Gasteiger partial charge in [0, 0.05) is 48.5 Å². The van der Waals surface area contributed by atoms with Crippen LogP contribution in [-0.2, 0) is 11.2 Å². The number of rotatable bonds is 2. The predicted molar refractivity (Wildman–Crippen MR) is 177 cm³/mol. The SMILES string of the molecule is CCc1ccc2c3c(ccc2c1)C1=C(CCC=C1)C(C1CCN(C(=O)OC(C)(C)C)CC1)C3=O.c1cnc2ccncc2c1. The monoisotopic (exact) mass is 587 g/mol. The molecular formula is C38H41N3O3. The van der Waals surface area contributed by atoms with E-state index in [1.54, 1.807) is 17.3 Å². The summed E-state index contributed by atoms with van der Waals surface area (Å²) in [7, 11) is 0. The van der Waals surface area contributed by atoms with Crippen molar-refractivity contribution < 1.29 is 14.3 Å². The van der Waals surface area contributed by atoms with Gasteiger partial charge in [-0.2, -0.15) is 0 Å². The zero-order valence-electron chi connectivity index (χ0n) is 26.2. The Hall–Kier alpha value is -4.32. The van der Waals surface area contributed by atoms with Crippen LogP contribution in [0.5, 0.6) is 0 Å². The Bertz CT molecular complexity index is 1710. The second-order valence-corrected chi connectivity index (χ2v) is 13.0. The number of likely N-dealkylation sites (tertiary alicyclic amines) is 1. The molecule has 1 fully saturated rings. The van der Waals surface area contributed by atoms with E-state index in [1.807, 2.05) is 45.2 Å². The third-order valence-electron chi connectivity index (χ3n) is 8.96. The maximum atomic E-state index is 14.2. The molecule has 6 heteroatoms. The van der Waals surface area contributed by atoms with Crippen molar-refractivity contribution in [3.05, 3.63) is 102 Å². The average molecular weight is 588 g/mol. The maximum Gasteiger partial charge on any atom is 0.410 e. The zero-order chi connectivity index (χ0) is 30.8. The first-order chi connectivity index (χ1) is 21.2. The Morgan fingerprint density at radius 2 is 1.84 bits per heavy atom. The van der Waals surface area contributed by atoms with Gasteiger partial charge in [0.15, 0.2) is 5.78 Å². The van der Waals surface area contributed by atoms with Crippen LogP contribution in [-0.4, -0.2) is 45.4 Å². The molecule has 226 valence electrons. The molecule has 0 spiro atoms. The highest BCUT2D eigenvalue weighted by Crippen LogP contribution is 2.47. The van der Waals surface area contributed by atoms with E-state index in [9.17, 15) is 9.59 Å².